The van der Waals surface area contributed by atoms with Crippen LogP contribution in [0.25, 0.3) is 0 Å². The Bertz CT molecular complexity index is 233. The molecular weight excluding hydrogens is 208 g/mol. The van der Waals surface area contributed by atoms with Crippen LogP contribution in [0.2, 0.25) is 0 Å². The third kappa shape index (κ3) is 8.59. The standard InChI is InChI=1S/C11H22N2OS/c1-4-15(14)9-8-13-7-5-6-11(2,3)10-12/h13H,4-9H2,1-3H3. The Balaban J connectivity index is 3.34. The van der Waals surface area contributed by atoms with Gasteiger partial charge in [0.1, 0.15) is 0 Å². The molecule has 0 heterocycles. The fourth-order valence-corrected chi connectivity index (χ4v) is 1.83. The maximum atomic E-state index is 11.1. The van der Waals surface area contributed by atoms with Crippen LogP contribution in [0.15, 0.2) is 0 Å². The van der Waals surface area contributed by atoms with Crippen LogP contribution >= 0.6 is 0 Å². The minimum Gasteiger partial charge on any atom is -0.316 e. The van der Waals surface area contributed by atoms with E-state index in [2.05, 4.69) is 11.4 Å². The quantitative estimate of drug-likeness (QED) is 0.645. The molecule has 0 aromatic rings. The molecule has 0 aromatic heterocycles. The number of nitrogens with zero attached hydrogens (tertiary/aromatic N) is 1. The molecule has 0 aromatic carbocycles. The van der Waals surface area contributed by atoms with E-state index in [1.165, 1.54) is 0 Å². The second-order valence-electron chi connectivity index (χ2n) is 4.28. The largest absolute Gasteiger partial charge is 0.316 e. The van der Waals surface area contributed by atoms with Crippen LogP contribution in [0.3, 0.4) is 0 Å². The summed E-state index contributed by atoms with van der Waals surface area (Å²) >= 11 is 0. The minimum absolute atomic E-state index is 0.214. The monoisotopic (exact) mass is 230 g/mol. The molecule has 3 nitrogen and oxygen atoms in total. The number of rotatable bonds is 8. The molecule has 0 amide bonds. The average Bonchev–Trinajstić information content (AvgIpc) is 2.22. The van der Waals surface area contributed by atoms with Crippen LogP contribution in [0.1, 0.15) is 33.6 Å². The van der Waals surface area contributed by atoms with Crippen LogP contribution < -0.4 is 5.32 Å². The maximum Gasteiger partial charge on any atom is 0.0683 e. The molecule has 0 rings (SSSR count). The van der Waals surface area contributed by atoms with Gasteiger partial charge in [0, 0.05) is 28.9 Å². The lowest BCUT2D eigenvalue weighted by Gasteiger charge is -2.14. The van der Waals surface area contributed by atoms with Gasteiger partial charge >= 0.3 is 0 Å². The fourth-order valence-electron chi connectivity index (χ4n) is 1.17. The van der Waals surface area contributed by atoms with Crippen molar-refractivity contribution < 1.29 is 4.21 Å². The molecule has 4 heteroatoms. The SMILES string of the molecule is CCS(=O)CCNCCCC(C)(C)C#N. The topological polar surface area (TPSA) is 52.9 Å². The van der Waals surface area contributed by atoms with E-state index in [4.69, 9.17) is 5.26 Å². The highest BCUT2D eigenvalue weighted by molar-refractivity contribution is 7.84. The summed E-state index contributed by atoms with van der Waals surface area (Å²) in [7, 11) is -0.666. The Morgan fingerprint density at radius 3 is 2.60 bits per heavy atom. The van der Waals surface area contributed by atoms with Gasteiger partial charge in [-0.25, -0.2) is 0 Å². The molecule has 0 aliphatic carbocycles. The molecule has 15 heavy (non-hydrogen) atoms. The molecule has 0 aliphatic rings. The Kier molecular flexibility index (Phi) is 7.63. The Morgan fingerprint density at radius 2 is 2.07 bits per heavy atom. The molecule has 0 saturated carbocycles. The van der Waals surface area contributed by atoms with Gasteiger partial charge in [-0.2, -0.15) is 5.26 Å². The van der Waals surface area contributed by atoms with E-state index in [1.807, 2.05) is 20.8 Å². The first-order valence-corrected chi connectivity index (χ1v) is 6.97. The van der Waals surface area contributed by atoms with Gasteiger partial charge < -0.3 is 5.32 Å². The lowest BCUT2D eigenvalue weighted by Crippen LogP contribution is -2.23. The van der Waals surface area contributed by atoms with E-state index in [0.717, 1.165) is 37.4 Å². The summed E-state index contributed by atoms with van der Waals surface area (Å²) < 4.78 is 11.1. The Morgan fingerprint density at radius 1 is 1.40 bits per heavy atom. The van der Waals surface area contributed by atoms with Crippen LogP contribution in [0, 0.1) is 16.7 Å². The van der Waals surface area contributed by atoms with Crippen molar-refractivity contribution in [2.24, 2.45) is 5.41 Å². The summed E-state index contributed by atoms with van der Waals surface area (Å²) in [4.78, 5) is 0. The van der Waals surface area contributed by atoms with Crippen LogP contribution in [-0.4, -0.2) is 28.8 Å². The molecule has 0 fully saturated rings. The van der Waals surface area contributed by atoms with Crippen molar-refractivity contribution in [2.45, 2.75) is 33.6 Å². The molecule has 0 radical (unpaired) electrons. The zero-order chi connectivity index (χ0) is 11.7. The summed E-state index contributed by atoms with van der Waals surface area (Å²) in [5.41, 5.74) is -0.214. The molecule has 0 spiro atoms. The normalized spacial score (nSPS) is 13.5. The van der Waals surface area contributed by atoms with E-state index >= 15 is 0 Å². The molecular formula is C11H22N2OS. The minimum atomic E-state index is -0.666. The van der Waals surface area contributed by atoms with Gasteiger partial charge in [-0.15, -0.1) is 0 Å². The van der Waals surface area contributed by atoms with Crippen molar-refractivity contribution in [2.75, 3.05) is 24.6 Å². The summed E-state index contributed by atoms with van der Waals surface area (Å²) in [6.07, 6.45) is 1.91. The smallest absolute Gasteiger partial charge is 0.0683 e. The molecule has 0 saturated heterocycles. The van der Waals surface area contributed by atoms with Crippen LogP contribution in [0.5, 0.6) is 0 Å². The fraction of sp³-hybridized carbons (Fsp3) is 0.909. The first-order valence-electron chi connectivity index (χ1n) is 5.49. The van der Waals surface area contributed by atoms with E-state index < -0.39 is 10.8 Å². The number of hydrogen-bond acceptors (Lipinski definition) is 3. The first-order chi connectivity index (χ1) is 7.02. The van der Waals surface area contributed by atoms with Crippen molar-refractivity contribution in [3.05, 3.63) is 0 Å². The van der Waals surface area contributed by atoms with E-state index in [9.17, 15) is 4.21 Å². The molecule has 88 valence electrons. The second kappa shape index (κ2) is 7.84. The highest BCUT2D eigenvalue weighted by Crippen LogP contribution is 2.19. The lowest BCUT2D eigenvalue weighted by atomic mass is 9.90. The van der Waals surface area contributed by atoms with Gasteiger partial charge in [-0.1, -0.05) is 6.92 Å². The van der Waals surface area contributed by atoms with Gasteiger partial charge in [0.05, 0.1) is 11.5 Å². The third-order valence-corrected chi connectivity index (χ3v) is 3.59. The van der Waals surface area contributed by atoms with Crippen molar-refractivity contribution in [1.82, 2.24) is 5.32 Å². The van der Waals surface area contributed by atoms with Crippen molar-refractivity contribution >= 4 is 10.8 Å². The zero-order valence-electron chi connectivity index (χ0n) is 10.0. The van der Waals surface area contributed by atoms with Gasteiger partial charge in [0.15, 0.2) is 0 Å². The van der Waals surface area contributed by atoms with Gasteiger partial charge in [-0.05, 0) is 33.2 Å². The summed E-state index contributed by atoms with van der Waals surface area (Å²) in [5.74, 6) is 1.47. The lowest BCUT2D eigenvalue weighted by molar-refractivity contribution is 0.428. The van der Waals surface area contributed by atoms with Gasteiger partial charge in [-0.3, -0.25) is 4.21 Å². The summed E-state index contributed by atoms with van der Waals surface area (Å²) in [5, 5.41) is 12.0. The van der Waals surface area contributed by atoms with Gasteiger partial charge in [0.25, 0.3) is 0 Å². The Labute approximate surface area is 95.7 Å². The molecule has 0 bridgehead atoms. The molecule has 0 aliphatic heterocycles. The number of nitrogens with one attached hydrogen (secondary N) is 1. The molecule has 1 unspecified atom stereocenters. The van der Waals surface area contributed by atoms with E-state index in [-0.39, 0.29) is 5.41 Å². The number of nitriles is 1. The first kappa shape index (κ1) is 14.6. The van der Waals surface area contributed by atoms with Crippen molar-refractivity contribution in [3.8, 4) is 6.07 Å². The summed E-state index contributed by atoms with van der Waals surface area (Å²) in [6, 6.07) is 2.28. The second-order valence-corrected chi connectivity index (χ2v) is 6.15. The molecule has 1 N–H and O–H groups in total. The third-order valence-electron chi connectivity index (χ3n) is 2.29. The predicted molar refractivity (Wildman–Crippen MR) is 65.0 cm³/mol. The Hall–Kier alpha value is -0.400. The van der Waals surface area contributed by atoms with Crippen molar-refractivity contribution in [1.29, 1.82) is 5.26 Å². The van der Waals surface area contributed by atoms with Crippen LogP contribution in [0.4, 0.5) is 0 Å². The average molecular weight is 230 g/mol. The van der Waals surface area contributed by atoms with Crippen molar-refractivity contribution in [3.63, 3.8) is 0 Å². The zero-order valence-corrected chi connectivity index (χ0v) is 10.8. The maximum absolute atomic E-state index is 11.1. The van der Waals surface area contributed by atoms with E-state index in [0.29, 0.717) is 0 Å². The highest BCUT2D eigenvalue weighted by Gasteiger charge is 2.15. The van der Waals surface area contributed by atoms with Gasteiger partial charge in [0.2, 0.25) is 0 Å². The number of hydrogen-bond donors (Lipinski definition) is 1. The van der Waals surface area contributed by atoms with Crippen LogP contribution in [-0.2, 0) is 10.8 Å². The molecule has 1 atom stereocenters. The summed E-state index contributed by atoms with van der Waals surface area (Å²) in [6.45, 7) is 7.57. The highest BCUT2D eigenvalue weighted by atomic mass is 32.2. The predicted octanol–water partition coefficient (Wildman–Crippen LogP) is 1.67. The van der Waals surface area contributed by atoms with E-state index in [1.54, 1.807) is 0 Å².